The SMILES string of the molecule is COC(=O)C(C)C(=O)Oc1c(F)cccc1[N+](=O)[O-]. The molecule has 0 aliphatic rings. The summed E-state index contributed by atoms with van der Waals surface area (Å²) >= 11 is 0. The highest BCUT2D eigenvalue weighted by Gasteiger charge is 2.28. The molecule has 0 aromatic heterocycles. The average molecular weight is 271 g/mol. The Hall–Kier alpha value is -2.51. The zero-order valence-corrected chi connectivity index (χ0v) is 10.1. The molecule has 1 unspecified atom stereocenters. The van der Waals surface area contributed by atoms with Gasteiger partial charge in [0, 0.05) is 6.07 Å². The molecule has 0 spiro atoms. The number of benzene rings is 1. The van der Waals surface area contributed by atoms with Crippen molar-refractivity contribution in [1.29, 1.82) is 0 Å². The number of para-hydroxylation sites is 1. The van der Waals surface area contributed by atoms with Crippen molar-refractivity contribution in [2.45, 2.75) is 6.92 Å². The standard InChI is InChI=1S/C11H10FNO6/c1-6(10(14)18-2)11(15)19-9-7(12)4-3-5-8(9)13(16)17/h3-6H,1-2H3. The maximum absolute atomic E-state index is 13.4. The molecule has 1 atom stereocenters. The van der Waals surface area contributed by atoms with Gasteiger partial charge in [-0.05, 0) is 13.0 Å². The van der Waals surface area contributed by atoms with E-state index in [0.29, 0.717) is 0 Å². The molecule has 1 rings (SSSR count). The van der Waals surface area contributed by atoms with Crippen LogP contribution in [-0.2, 0) is 14.3 Å². The fraction of sp³-hybridized carbons (Fsp3) is 0.273. The number of ether oxygens (including phenoxy) is 2. The Kier molecular flexibility index (Phi) is 4.51. The normalized spacial score (nSPS) is 11.5. The van der Waals surface area contributed by atoms with Crippen molar-refractivity contribution in [1.82, 2.24) is 0 Å². The van der Waals surface area contributed by atoms with Crippen LogP contribution in [0.1, 0.15) is 6.92 Å². The molecular weight excluding hydrogens is 261 g/mol. The van der Waals surface area contributed by atoms with Crippen LogP contribution in [-0.4, -0.2) is 24.0 Å². The number of carbonyl (C=O) groups excluding carboxylic acids is 2. The number of nitrogens with zero attached hydrogens (tertiary/aromatic N) is 1. The van der Waals surface area contributed by atoms with Crippen LogP contribution in [0.4, 0.5) is 10.1 Å². The van der Waals surface area contributed by atoms with Gasteiger partial charge >= 0.3 is 17.6 Å². The van der Waals surface area contributed by atoms with Crippen molar-refractivity contribution in [3.8, 4) is 5.75 Å². The summed E-state index contributed by atoms with van der Waals surface area (Å²) in [6.07, 6.45) is 0. The van der Waals surface area contributed by atoms with E-state index in [9.17, 15) is 24.1 Å². The van der Waals surface area contributed by atoms with Crippen LogP contribution in [0, 0.1) is 21.8 Å². The Bertz CT molecular complexity index is 530. The second-order valence-electron chi connectivity index (χ2n) is 3.51. The first kappa shape index (κ1) is 14.6. The molecule has 0 N–H and O–H groups in total. The molecule has 0 radical (unpaired) electrons. The van der Waals surface area contributed by atoms with E-state index in [0.717, 1.165) is 25.3 Å². The van der Waals surface area contributed by atoms with Crippen LogP contribution in [0.25, 0.3) is 0 Å². The van der Waals surface area contributed by atoms with Crippen LogP contribution in [0.15, 0.2) is 18.2 Å². The van der Waals surface area contributed by atoms with Crippen LogP contribution in [0.2, 0.25) is 0 Å². The molecule has 8 heteroatoms. The third kappa shape index (κ3) is 3.24. The summed E-state index contributed by atoms with van der Waals surface area (Å²) in [5.74, 6) is -5.24. The zero-order chi connectivity index (χ0) is 14.6. The maximum Gasteiger partial charge on any atom is 0.325 e. The first-order valence-corrected chi connectivity index (χ1v) is 5.11. The van der Waals surface area contributed by atoms with Gasteiger partial charge in [-0.1, -0.05) is 6.07 Å². The minimum atomic E-state index is -1.32. The topological polar surface area (TPSA) is 95.7 Å². The Morgan fingerprint density at radius 1 is 1.37 bits per heavy atom. The first-order chi connectivity index (χ1) is 8.88. The molecule has 0 saturated carbocycles. The van der Waals surface area contributed by atoms with Gasteiger partial charge in [-0.15, -0.1) is 0 Å². The van der Waals surface area contributed by atoms with Gasteiger partial charge in [0.15, 0.2) is 11.7 Å². The molecule has 0 fully saturated rings. The quantitative estimate of drug-likeness (QED) is 0.270. The summed E-state index contributed by atoms with van der Waals surface area (Å²) in [6.45, 7) is 1.18. The molecule has 0 aliphatic heterocycles. The number of nitro groups is 1. The van der Waals surface area contributed by atoms with E-state index in [-0.39, 0.29) is 0 Å². The predicted octanol–water partition coefficient (Wildman–Crippen LogP) is 1.45. The number of halogens is 1. The van der Waals surface area contributed by atoms with Gasteiger partial charge < -0.3 is 9.47 Å². The van der Waals surface area contributed by atoms with Crippen LogP contribution in [0.5, 0.6) is 5.75 Å². The molecule has 7 nitrogen and oxygen atoms in total. The number of esters is 2. The number of nitro benzene ring substituents is 1. The second kappa shape index (κ2) is 5.89. The lowest BCUT2D eigenvalue weighted by Gasteiger charge is -2.09. The van der Waals surface area contributed by atoms with Crippen LogP contribution >= 0.6 is 0 Å². The number of hydrogen-bond donors (Lipinski definition) is 0. The summed E-state index contributed by atoms with van der Waals surface area (Å²) in [7, 11) is 1.07. The maximum atomic E-state index is 13.4. The molecule has 0 amide bonds. The van der Waals surface area contributed by atoms with Gasteiger partial charge in [-0.25, -0.2) is 4.39 Å². The number of carbonyl (C=O) groups is 2. The third-order valence-electron chi connectivity index (χ3n) is 2.25. The van der Waals surface area contributed by atoms with Crippen molar-refractivity contribution in [2.75, 3.05) is 7.11 Å². The Morgan fingerprint density at radius 2 is 2.00 bits per heavy atom. The summed E-state index contributed by atoms with van der Waals surface area (Å²) in [4.78, 5) is 32.4. The van der Waals surface area contributed by atoms with Crippen molar-refractivity contribution in [3.63, 3.8) is 0 Å². The lowest BCUT2D eigenvalue weighted by Crippen LogP contribution is -2.27. The van der Waals surface area contributed by atoms with Gasteiger partial charge in [0.25, 0.3) is 0 Å². The Morgan fingerprint density at radius 3 is 2.53 bits per heavy atom. The third-order valence-corrected chi connectivity index (χ3v) is 2.25. The fourth-order valence-corrected chi connectivity index (χ4v) is 1.20. The smallest absolute Gasteiger partial charge is 0.325 e. The predicted molar refractivity (Wildman–Crippen MR) is 59.9 cm³/mol. The summed E-state index contributed by atoms with van der Waals surface area (Å²) < 4.78 is 22.3. The van der Waals surface area contributed by atoms with E-state index in [1.54, 1.807) is 0 Å². The van der Waals surface area contributed by atoms with Gasteiger partial charge in [0.2, 0.25) is 5.75 Å². The molecule has 102 valence electrons. The van der Waals surface area contributed by atoms with Crippen molar-refractivity contribution in [2.24, 2.45) is 5.92 Å². The first-order valence-electron chi connectivity index (χ1n) is 5.11. The lowest BCUT2D eigenvalue weighted by atomic mass is 10.2. The lowest BCUT2D eigenvalue weighted by molar-refractivity contribution is -0.385. The molecule has 0 saturated heterocycles. The van der Waals surface area contributed by atoms with Crippen LogP contribution in [0.3, 0.4) is 0 Å². The Balaban J connectivity index is 3.03. The molecule has 0 heterocycles. The van der Waals surface area contributed by atoms with E-state index < -0.39 is 40.0 Å². The van der Waals surface area contributed by atoms with E-state index in [1.165, 1.54) is 6.92 Å². The molecule has 1 aromatic carbocycles. The molecule has 1 aromatic rings. The summed E-state index contributed by atoms with van der Waals surface area (Å²) in [5.41, 5.74) is -0.703. The van der Waals surface area contributed by atoms with E-state index in [4.69, 9.17) is 0 Å². The molecule has 0 aliphatic carbocycles. The zero-order valence-electron chi connectivity index (χ0n) is 10.1. The summed E-state index contributed by atoms with van der Waals surface area (Å²) in [5, 5.41) is 10.7. The molecule has 19 heavy (non-hydrogen) atoms. The second-order valence-corrected chi connectivity index (χ2v) is 3.51. The largest absolute Gasteiger partial charge is 0.468 e. The van der Waals surface area contributed by atoms with Gasteiger partial charge in [-0.2, -0.15) is 0 Å². The highest BCUT2D eigenvalue weighted by Crippen LogP contribution is 2.30. The van der Waals surface area contributed by atoms with E-state index in [1.807, 2.05) is 0 Å². The minimum Gasteiger partial charge on any atom is -0.468 e. The summed E-state index contributed by atoms with van der Waals surface area (Å²) in [6, 6.07) is 2.99. The van der Waals surface area contributed by atoms with Crippen molar-refractivity contribution < 1.29 is 28.4 Å². The minimum absolute atomic E-state index is 0.703. The highest BCUT2D eigenvalue weighted by molar-refractivity contribution is 5.95. The van der Waals surface area contributed by atoms with Crippen LogP contribution < -0.4 is 4.74 Å². The van der Waals surface area contributed by atoms with Crippen molar-refractivity contribution in [3.05, 3.63) is 34.1 Å². The Labute approximate surface area is 107 Å². The highest BCUT2D eigenvalue weighted by atomic mass is 19.1. The number of methoxy groups -OCH3 is 1. The van der Waals surface area contributed by atoms with Crippen molar-refractivity contribution >= 4 is 17.6 Å². The van der Waals surface area contributed by atoms with Gasteiger partial charge in [-0.3, -0.25) is 19.7 Å². The number of hydrogen-bond acceptors (Lipinski definition) is 6. The number of rotatable bonds is 4. The van der Waals surface area contributed by atoms with E-state index >= 15 is 0 Å². The average Bonchev–Trinajstić information content (AvgIpc) is 2.38. The monoisotopic (exact) mass is 271 g/mol. The molecule has 0 bridgehead atoms. The fourth-order valence-electron chi connectivity index (χ4n) is 1.20. The molecular formula is C11H10FNO6. The van der Waals surface area contributed by atoms with E-state index in [2.05, 4.69) is 9.47 Å². The van der Waals surface area contributed by atoms with Gasteiger partial charge in [0.05, 0.1) is 12.0 Å². The van der Waals surface area contributed by atoms with Gasteiger partial charge in [0.1, 0.15) is 0 Å².